The molecule has 0 saturated carbocycles. The minimum Gasteiger partial charge on any atom is -0.480 e. The number of hydrogen-bond acceptors (Lipinski definition) is 3. The van der Waals surface area contributed by atoms with Gasteiger partial charge >= 0.3 is 5.97 Å². The summed E-state index contributed by atoms with van der Waals surface area (Å²) in [6.07, 6.45) is 6.20. The molecule has 0 spiro atoms. The number of carbonyl (C=O) groups excluding carboxylic acids is 1. The van der Waals surface area contributed by atoms with Crippen LogP contribution in [0.4, 0.5) is 0 Å². The molecule has 1 rings (SSSR count). The molecule has 1 atom stereocenters. The highest BCUT2D eigenvalue weighted by Crippen LogP contribution is 2.15. The van der Waals surface area contributed by atoms with E-state index in [1.54, 1.807) is 0 Å². The Morgan fingerprint density at radius 2 is 2.27 bits per heavy atom. The number of aliphatic carboxylic acids is 1. The van der Waals surface area contributed by atoms with Crippen molar-refractivity contribution in [1.82, 2.24) is 0 Å². The minimum atomic E-state index is -1.10. The molecule has 0 saturated heterocycles. The summed E-state index contributed by atoms with van der Waals surface area (Å²) in [6.45, 7) is 2.07. The molecule has 1 unspecified atom stereocenters. The van der Waals surface area contributed by atoms with Crippen LogP contribution in [0.2, 0.25) is 0 Å². The first kappa shape index (κ1) is 11.6. The monoisotopic (exact) mass is 209 g/mol. The molecule has 0 radical (unpaired) electrons. The summed E-state index contributed by atoms with van der Waals surface area (Å²) in [4.78, 5) is 26.2. The maximum Gasteiger partial charge on any atom is 0.320 e. The number of carboxylic acids is 1. The largest absolute Gasteiger partial charge is 0.480 e. The standard InChI is InChI=1S/C11H15NO3/c1-2-3-4-5-8-10(11(14)15)9(13)6-7-12-8/h6-7,10H,2-5H2,1H3,(H,14,15). The first-order valence-electron chi connectivity index (χ1n) is 5.16. The number of allylic oxidation sites excluding steroid dienone is 1. The van der Waals surface area contributed by atoms with E-state index in [0.717, 1.165) is 19.3 Å². The van der Waals surface area contributed by atoms with Gasteiger partial charge in [0, 0.05) is 18.0 Å². The third-order valence-corrected chi connectivity index (χ3v) is 2.38. The van der Waals surface area contributed by atoms with Crippen molar-refractivity contribution in [3.8, 4) is 0 Å². The minimum absolute atomic E-state index is 0.371. The lowest BCUT2D eigenvalue weighted by atomic mass is 9.92. The highest BCUT2D eigenvalue weighted by atomic mass is 16.4. The van der Waals surface area contributed by atoms with Crippen LogP contribution in [-0.2, 0) is 9.59 Å². The van der Waals surface area contributed by atoms with Crippen LogP contribution in [0.15, 0.2) is 17.3 Å². The molecule has 0 bridgehead atoms. The van der Waals surface area contributed by atoms with Gasteiger partial charge in [-0.2, -0.15) is 0 Å². The molecule has 0 aromatic heterocycles. The molecule has 4 heteroatoms. The maximum atomic E-state index is 11.3. The molecule has 0 fully saturated rings. The summed E-state index contributed by atoms with van der Waals surface area (Å²) in [6, 6.07) is 0. The summed E-state index contributed by atoms with van der Waals surface area (Å²) < 4.78 is 0. The summed E-state index contributed by atoms with van der Waals surface area (Å²) in [7, 11) is 0. The molecule has 82 valence electrons. The van der Waals surface area contributed by atoms with E-state index in [-0.39, 0.29) is 5.78 Å². The SMILES string of the molecule is CCCCCC1=NC=CC(=O)C1C(=O)O. The van der Waals surface area contributed by atoms with E-state index in [0.29, 0.717) is 12.1 Å². The van der Waals surface area contributed by atoms with Crippen molar-refractivity contribution in [2.75, 3.05) is 0 Å². The van der Waals surface area contributed by atoms with Gasteiger partial charge in [-0.15, -0.1) is 0 Å². The smallest absolute Gasteiger partial charge is 0.320 e. The second-order valence-corrected chi connectivity index (χ2v) is 3.57. The van der Waals surface area contributed by atoms with Gasteiger partial charge in [0.05, 0.1) is 0 Å². The van der Waals surface area contributed by atoms with Crippen LogP contribution in [-0.4, -0.2) is 22.6 Å². The third-order valence-electron chi connectivity index (χ3n) is 2.38. The van der Waals surface area contributed by atoms with Gasteiger partial charge in [0.25, 0.3) is 0 Å². The van der Waals surface area contributed by atoms with E-state index in [4.69, 9.17) is 5.11 Å². The number of hydrogen-bond donors (Lipinski definition) is 1. The maximum absolute atomic E-state index is 11.3. The van der Waals surface area contributed by atoms with Gasteiger partial charge in [-0.3, -0.25) is 14.6 Å². The molecule has 0 aromatic rings. The first-order valence-corrected chi connectivity index (χ1v) is 5.16. The van der Waals surface area contributed by atoms with Crippen molar-refractivity contribution in [3.05, 3.63) is 12.3 Å². The number of nitrogens with zero attached hydrogens (tertiary/aromatic N) is 1. The lowest BCUT2D eigenvalue weighted by molar-refractivity contribution is -0.142. The average Bonchev–Trinajstić information content (AvgIpc) is 2.17. The number of carbonyl (C=O) groups is 2. The van der Waals surface area contributed by atoms with E-state index in [1.165, 1.54) is 12.3 Å². The molecule has 4 nitrogen and oxygen atoms in total. The van der Waals surface area contributed by atoms with Gasteiger partial charge in [-0.25, -0.2) is 0 Å². The Morgan fingerprint density at radius 1 is 1.53 bits per heavy atom. The van der Waals surface area contributed by atoms with E-state index in [9.17, 15) is 9.59 Å². The van der Waals surface area contributed by atoms with Crippen LogP contribution in [0.25, 0.3) is 0 Å². The Labute approximate surface area is 88.7 Å². The van der Waals surface area contributed by atoms with Gasteiger partial charge < -0.3 is 5.11 Å². The van der Waals surface area contributed by atoms with Gasteiger partial charge in [0.15, 0.2) is 11.7 Å². The van der Waals surface area contributed by atoms with E-state index in [1.807, 2.05) is 0 Å². The number of ketones is 1. The van der Waals surface area contributed by atoms with Crippen LogP contribution < -0.4 is 0 Å². The van der Waals surface area contributed by atoms with Crippen molar-refractivity contribution < 1.29 is 14.7 Å². The quantitative estimate of drug-likeness (QED) is 0.554. The van der Waals surface area contributed by atoms with Crippen molar-refractivity contribution >= 4 is 17.5 Å². The summed E-state index contributed by atoms with van der Waals surface area (Å²) >= 11 is 0. The predicted octanol–water partition coefficient (Wildman–Crippen LogP) is 1.80. The Hall–Kier alpha value is -1.45. The van der Waals surface area contributed by atoms with Crippen molar-refractivity contribution in [2.24, 2.45) is 10.9 Å². The summed E-state index contributed by atoms with van der Waals surface area (Å²) in [5.74, 6) is -2.52. The Balaban J connectivity index is 2.66. The zero-order chi connectivity index (χ0) is 11.3. The number of aliphatic imine (C=N–C) groups is 1. The summed E-state index contributed by atoms with van der Waals surface area (Å²) in [5, 5.41) is 8.90. The zero-order valence-corrected chi connectivity index (χ0v) is 8.77. The van der Waals surface area contributed by atoms with Crippen LogP contribution in [0.1, 0.15) is 32.6 Å². The van der Waals surface area contributed by atoms with Crippen molar-refractivity contribution in [2.45, 2.75) is 32.6 Å². The van der Waals surface area contributed by atoms with Crippen LogP contribution in [0, 0.1) is 5.92 Å². The molecule has 0 amide bonds. The Kier molecular flexibility index (Phi) is 4.21. The fourth-order valence-electron chi connectivity index (χ4n) is 1.57. The van der Waals surface area contributed by atoms with Gasteiger partial charge in [-0.1, -0.05) is 19.8 Å². The molecule has 15 heavy (non-hydrogen) atoms. The van der Waals surface area contributed by atoms with Crippen LogP contribution in [0.5, 0.6) is 0 Å². The second-order valence-electron chi connectivity index (χ2n) is 3.57. The molecule has 1 aliphatic rings. The first-order chi connectivity index (χ1) is 7.16. The van der Waals surface area contributed by atoms with Gasteiger partial charge in [0.2, 0.25) is 0 Å². The number of unbranched alkanes of at least 4 members (excludes halogenated alkanes) is 2. The lowest BCUT2D eigenvalue weighted by Crippen LogP contribution is -2.32. The van der Waals surface area contributed by atoms with Crippen LogP contribution in [0.3, 0.4) is 0 Å². The number of rotatable bonds is 5. The lowest BCUT2D eigenvalue weighted by Gasteiger charge is -2.14. The number of carboxylic acid groups (broad SMARTS) is 1. The molecule has 0 aromatic carbocycles. The van der Waals surface area contributed by atoms with Crippen LogP contribution >= 0.6 is 0 Å². The molecule has 1 aliphatic heterocycles. The molecular weight excluding hydrogens is 194 g/mol. The highest BCUT2D eigenvalue weighted by molar-refractivity contribution is 6.23. The Morgan fingerprint density at radius 3 is 2.87 bits per heavy atom. The van der Waals surface area contributed by atoms with Gasteiger partial charge in [-0.05, 0) is 12.8 Å². The normalized spacial score (nSPS) is 20.2. The van der Waals surface area contributed by atoms with Gasteiger partial charge in [0.1, 0.15) is 0 Å². The average molecular weight is 209 g/mol. The third kappa shape index (κ3) is 3.01. The molecular formula is C11H15NO3. The highest BCUT2D eigenvalue weighted by Gasteiger charge is 2.30. The second kappa shape index (κ2) is 5.44. The van der Waals surface area contributed by atoms with E-state index >= 15 is 0 Å². The Bertz CT molecular complexity index is 318. The van der Waals surface area contributed by atoms with Crippen molar-refractivity contribution in [3.63, 3.8) is 0 Å². The summed E-state index contributed by atoms with van der Waals surface area (Å²) in [5.41, 5.74) is 0.489. The molecule has 1 N–H and O–H groups in total. The predicted molar refractivity (Wildman–Crippen MR) is 56.8 cm³/mol. The topological polar surface area (TPSA) is 66.7 Å². The van der Waals surface area contributed by atoms with E-state index in [2.05, 4.69) is 11.9 Å². The van der Waals surface area contributed by atoms with Crippen molar-refractivity contribution in [1.29, 1.82) is 0 Å². The van der Waals surface area contributed by atoms with E-state index < -0.39 is 11.9 Å². The zero-order valence-electron chi connectivity index (χ0n) is 8.77. The molecule has 1 heterocycles. The fourth-order valence-corrected chi connectivity index (χ4v) is 1.57. The molecule has 0 aliphatic carbocycles. The fraction of sp³-hybridized carbons (Fsp3) is 0.545.